The van der Waals surface area contributed by atoms with E-state index in [1.807, 2.05) is 6.92 Å². The van der Waals surface area contributed by atoms with Gasteiger partial charge in [0, 0.05) is 5.69 Å². The van der Waals surface area contributed by atoms with Gasteiger partial charge in [-0.3, -0.25) is 14.8 Å². The molecular weight excluding hydrogens is 240 g/mol. The summed E-state index contributed by atoms with van der Waals surface area (Å²) in [6, 6.07) is 3.57. The Morgan fingerprint density at radius 3 is 2.76 bits per heavy atom. The summed E-state index contributed by atoms with van der Waals surface area (Å²) in [5.41, 5.74) is 1.64. The monoisotopic (exact) mass is 248 g/mol. The standard InChI is InChI=1S/C11H9ClN4O/c1-7-2-3-8(4-14-7)15-11(17)9-5-13-6-10(12)16-9/h2-6H,1H3,(H,15,17). The first-order chi connectivity index (χ1) is 8.15. The Morgan fingerprint density at radius 1 is 1.29 bits per heavy atom. The van der Waals surface area contributed by atoms with Crippen LogP contribution in [0, 0.1) is 6.92 Å². The van der Waals surface area contributed by atoms with E-state index in [9.17, 15) is 4.79 Å². The molecule has 0 saturated heterocycles. The molecule has 0 aliphatic carbocycles. The first-order valence-electron chi connectivity index (χ1n) is 4.87. The summed E-state index contributed by atoms with van der Waals surface area (Å²) < 4.78 is 0. The second-order valence-corrected chi connectivity index (χ2v) is 3.76. The van der Waals surface area contributed by atoms with Crippen molar-refractivity contribution in [1.29, 1.82) is 0 Å². The van der Waals surface area contributed by atoms with E-state index >= 15 is 0 Å². The average molecular weight is 249 g/mol. The third kappa shape index (κ3) is 2.98. The molecule has 0 radical (unpaired) electrons. The van der Waals surface area contributed by atoms with Crippen molar-refractivity contribution in [1.82, 2.24) is 15.0 Å². The molecular formula is C11H9ClN4O. The van der Waals surface area contributed by atoms with Crippen molar-refractivity contribution in [2.24, 2.45) is 0 Å². The number of hydrogen-bond donors (Lipinski definition) is 1. The van der Waals surface area contributed by atoms with Gasteiger partial charge in [-0.2, -0.15) is 0 Å². The van der Waals surface area contributed by atoms with Crippen LogP contribution in [-0.2, 0) is 0 Å². The lowest BCUT2D eigenvalue weighted by molar-refractivity contribution is 0.102. The highest BCUT2D eigenvalue weighted by atomic mass is 35.5. The van der Waals surface area contributed by atoms with Gasteiger partial charge in [0.15, 0.2) is 0 Å². The van der Waals surface area contributed by atoms with E-state index < -0.39 is 0 Å². The maximum Gasteiger partial charge on any atom is 0.275 e. The molecule has 5 nitrogen and oxygen atoms in total. The molecule has 0 aromatic carbocycles. The third-order valence-corrected chi connectivity index (χ3v) is 2.19. The summed E-state index contributed by atoms with van der Waals surface area (Å²) in [4.78, 5) is 23.5. The molecule has 0 saturated carbocycles. The fourth-order valence-electron chi connectivity index (χ4n) is 1.19. The summed E-state index contributed by atoms with van der Waals surface area (Å²) >= 11 is 5.65. The van der Waals surface area contributed by atoms with Crippen LogP contribution in [-0.4, -0.2) is 20.9 Å². The van der Waals surface area contributed by atoms with Gasteiger partial charge in [0.25, 0.3) is 5.91 Å². The molecule has 6 heteroatoms. The first kappa shape index (κ1) is 11.5. The van der Waals surface area contributed by atoms with Gasteiger partial charge in [-0.05, 0) is 19.1 Å². The van der Waals surface area contributed by atoms with E-state index in [-0.39, 0.29) is 16.8 Å². The number of anilines is 1. The SMILES string of the molecule is Cc1ccc(NC(=O)c2cncc(Cl)n2)cn1. The Hall–Kier alpha value is -2.01. The molecule has 86 valence electrons. The van der Waals surface area contributed by atoms with Crippen LogP contribution in [0.2, 0.25) is 5.15 Å². The Bertz CT molecular complexity index is 541. The van der Waals surface area contributed by atoms with Crippen LogP contribution in [0.4, 0.5) is 5.69 Å². The Balaban J connectivity index is 2.14. The molecule has 17 heavy (non-hydrogen) atoms. The number of aromatic nitrogens is 3. The molecule has 0 aliphatic heterocycles. The van der Waals surface area contributed by atoms with Gasteiger partial charge in [0.1, 0.15) is 10.8 Å². The van der Waals surface area contributed by atoms with Gasteiger partial charge >= 0.3 is 0 Å². The largest absolute Gasteiger partial charge is 0.319 e. The topological polar surface area (TPSA) is 67.8 Å². The molecule has 2 aromatic heterocycles. The number of carbonyl (C=O) groups excluding carboxylic acids is 1. The molecule has 0 bridgehead atoms. The van der Waals surface area contributed by atoms with Gasteiger partial charge in [-0.25, -0.2) is 4.98 Å². The van der Waals surface area contributed by atoms with Crippen LogP contribution in [0.15, 0.2) is 30.7 Å². The summed E-state index contributed by atoms with van der Waals surface area (Å²) in [6.45, 7) is 1.87. The molecule has 0 spiro atoms. The van der Waals surface area contributed by atoms with Crippen LogP contribution in [0.5, 0.6) is 0 Å². The number of nitrogens with one attached hydrogen (secondary N) is 1. The lowest BCUT2D eigenvalue weighted by atomic mass is 10.3. The van der Waals surface area contributed by atoms with E-state index in [4.69, 9.17) is 11.6 Å². The smallest absolute Gasteiger partial charge is 0.275 e. The van der Waals surface area contributed by atoms with E-state index in [2.05, 4.69) is 20.3 Å². The molecule has 0 atom stereocenters. The molecule has 0 fully saturated rings. The molecule has 2 heterocycles. The predicted molar refractivity (Wildman–Crippen MR) is 64.0 cm³/mol. The zero-order chi connectivity index (χ0) is 12.3. The Morgan fingerprint density at radius 2 is 2.12 bits per heavy atom. The number of amides is 1. The van der Waals surface area contributed by atoms with Crippen LogP contribution < -0.4 is 5.32 Å². The zero-order valence-electron chi connectivity index (χ0n) is 9.01. The summed E-state index contributed by atoms with van der Waals surface area (Å²) in [7, 11) is 0. The number of pyridine rings is 1. The van der Waals surface area contributed by atoms with E-state index in [0.29, 0.717) is 5.69 Å². The van der Waals surface area contributed by atoms with Crippen molar-refractivity contribution in [2.75, 3.05) is 5.32 Å². The summed E-state index contributed by atoms with van der Waals surface area (Å²) in [5, 5.41) is 2.83. The number of carbonyl (C=O) groups is 1. The van der Waals surface area contributed by atoms with Crippen molar-refractivity contribution >= 4 is 23.2 Å². The minimum absolute atomic E-state index is 0.165. The van der Waals surface area contributed by atoms with Crippen molar-refractivity contribution < 1.29 is 4.79 Å². The molecule has 2 aromatic rings. The summed E-state index contributed by atoms with van der Waals surface area (Å²) in [6.07, 6.45) is 4.29. The second kappa shape index (κ2) is 4.88. The van der Waals surface area contributed by atoms with Gasteiger partial charge in [-0.1, -0.05) is 11.6 Å². The van der Waals surface area contributed by atoms with Gasteiger partial charge in [0.05, 0.1) is 24.3 Å². The Kier molecular flexibility index (Phi) is 3.30. The molecule has 1 amide bonds. The predicted octanol–water partition coefficient (Wildman–Crippen LogP) is 2.09. The summed E-state index contributed by atoms with van der Waals surface area (Å²) in [5.74, 6) is -0.370. The second-order valence-electron chi connectivity index (χ2n) is 3.37. The minimum Gasteiger partial charge on any atom is -0.319 e. The average Bonchev–Trinajstić information content (AvgIpc) is 2.32. The molecule has 1 N–H and O–H groups in total. The van der Waals surface area contributed by atoms with Gasteiger partial charge < -0.3 is 5.32 Å². The Labute approximate surface area is 103 Å². The van der Waals surface area contributed by atoms with Crippen LogP contribution in [0.3, 0.4) is 0 Å². The lowest BCUT2D eigenvalue weighted by Gasteiger charge is -2.04. The molecule has 0 aliphatic rings. The maximum atomic E-state index is 11.8. The highest BCUT2D eigenvalue weighted by Gasteiger charge is 2.08. The highest BCUT2D eigenvalue weighted by molar-refractivity contribution is 6.29. The highest BCUT2D eigenvalue weighted by Crippen LogP contribution is 2.08. The number of halogens is 1. The zero-order valence-corrected chi connectivity index (χ0v) is 9.77. The molecule has 2 rings (SSSR count). The van der Waals surface area contributed by atoms with Crippen LogP contribution in [0.1, 0.15) is 16.2 Å². The minimum atomic E-state index is -0.370. The number of aryl methyl sites for hydroxylation is 1. The number of hydrogen-bond acceptors (Lipinski definition) is 4. The number of rotatable bonds is 2. The van der Waals surface area contributed by atoms with Crippen molar-refractivity contribution in [2.45, 2.75) is 6.92 Å². The maximum absolute atomic E-state index is 11.8. The van der Waals surface area contributed by atoms with Crippen molar-refractivity contribution in [3.05, 3.63) is 47.3 Å². The first-order valence-corrected chi connectivity index (χ1v) is 5.24. The quantitative estimate of drug-likeness (QED) is 0.884. The molecule has 0 unspecified atom stereocenters. The van der Waals surface area contributed by atoms with Crippen molar-refractivity contribution in [3.63, 3.8) is 0 Å². The van der Waals surface area contributed by atoms with Crippen LogP contribution >= 0.6 is 11.6 Å². The fourth-order valence-corrected chi connectivity index (χ4v) is 1.34. The fraction of sp³-hybridized carbons (Fsp3) is 0.0909. The van der Waals surface area contributed by atoms with E-state index in [1.165, 1.54) is 12.4 Å². The van der Waals surface area contributed by atoms with Gasteiger partial charge in [-0.15, -0.1) is 0 Å². The number of nitrogens with zero attached hydrogens (tertiary/aromatic N) is 3. The van der Waals surface area contributed by atoms with Gasteiger partial charge in [0.2, 0.25) is 0 Å². The van der Waals surface area contributed by atoms with Crippen LogP contribution in [0.25, 0.3) is 0 Å². The van der Waals surface area contributed by atoms with Crippen molar-refractivity contribution in [3.8, 4) is 0 Å². The third-order valence-electron chi connectivity index (χ3n) is 2.01. The van der Waals surface area contributed by atoms with E-state index in [0.717, 1.165) is 5.69 Å². The lowest BCUT2D eigenvalue weighted by Crippen LogP contribution is -2.14. The normalized spacial score (nSPS) is 10.0. The van der Waals surface area contributed by atoms with E-state index in [1.54, 1.807) is 18.3 Å².